The Balaban J connectivity index is 1.83. The van der Waals surface area contributed by atoms with Crippen molar-refractivity contribution in [3.63, 3.8) is 0 Å². The molecule has 2 aromatic carbocycles. The Morgan fingerprint density at radius 1 is 1.08 bits per heavy atom. The van der Waals surface area contributed by atoms with E-state index in [1.165, 1.54) is 6.07 Å². The normalized spacial score (nSPS) is 10.9. The number of halogens is 3. The van der Waals surface area contributed by atoms with Gasteiger partial charge in [-0.3, -0.25) is 4.79 Å². The zero-order valence-electron chi connectivity index (χ0n) is 14.1. The van der Waals surface area contributed by atoms with E-state index in [2.05, 4.69) is 10.6 Å². The van der Waals surface area contributed by atoms with Crippen LogP contribution in [0, 0.1) is 0 Å². The monoisotopic (exact) mass is 368 g/mol. The highest BCUT2D eigenvalue weighted by Crippen LogP contribution is 2.26. The van der Waals surface area contributed by atoms with Gasteiger partial charge in [-0.25, -0.2) is 0 Å². The molecule has 0 saturated carbocycles. The van der Waals surface area contributed by atoms with Gasteiger partial charge in [0, 0.05) is 6.54 Å². The fraction of sp³-hybridized carbons (Fsp3) is 0.278. The van der Waals surface area contributed by atoms with Gasteiger partial charge < -0.3 is 20.1 Å². The smallest absolute Gasteiger partial charge is 0.422 e. The summed E-state index contributed by atoms with van der Waals surface area (Å²) in [5.74, 6) is 0.455. The van der Waals surface area contributed by atoms with Crippen molar-refractivity contribution in [3.05, 3.63) is 54.1 Å². The first-order valence-corrected chi connectivity index (χ1v) is 7.79. The fourth-order valence-electron chi connectivity index (χ4n) is 2.08. The Morgan fingerprint density at radius 3 is 2.42 bits per heavy atom. The zero-order chi connectivity index (χ0) is 19.0. The molecule has 0 atom stereocenters. The van der Waals surface area contributed by atoms with E-state index in [4.69, 9.17) is 9.47 Å². The van der Waals surface area contributed by atoms with Crippen molar-refractivity contribution in [2.45, 2.75) is 12.7 Å². The van der Waals surface area contributed by atoms with Gasteiger partial charge in [-0.05, 0) is 29.8 Å². The Morgan fingerprint density at radius 2 is 1.77 bits per heavy atom. The molecule has 0 saturated heterocycles. The minimum atomic E-state index is -4.43. The second kappa shape index (κ2) is 8.98. The third-order valence-corrected chi connectivity index (χ3v) is 3.37. The molecule has 2 aromatic rings. The number of carbonyl (C=O) groups is 1. The molecule has 0 bridgehead atoms. The lowest BCUT2D eigenvalue weighted by molar-refractivity contribution is -0.153. The Hall–Kier alpha value is -2.90. The molecule has 140 valence electrons. The number of alkyl halides is 3. The summed E-state index contributed by atoms with van der Waals surface area (Å²) in [5, 5.41) is 5.50. The largest absolute Gasteiger partial charge is 0.497 e. The summed E-state index contributed by atoms with van der Waals surface area (Å²) in [7, 11) is 1.57. The fourth-order valence-corrected chi connectivity index (χ4v) is 2.08. The van der Waals surface area contributed by atoms with Gasteiger partial charge in [-0.2, -0.15) is 13.2 Å². The van der Waals surface area contributed by atoms with Crippen molar-refractivity contribution in [2.24, 2.45) is 0 Å². The van der Waals surface area contributed by atoms with Gasteiger partial charge in [0.05, 0.1) is 19.3 Å². The van der Waals surface area contributed by atoms with Crippen LogP contribution in [-0.4, -0.2) is 32.3 Å². The number of benzene rings is 2. The minimum Gasteiger partial charge on any atom is -0.497 e. The third-order valence-electron chi connectivity index (χ3n) is 3.37. The molecule has 1 amide bonds. The van der Waals surface area contributed by atoms with Gasteiger partial charge in [0.15, 0.2) is 6.61 Å². The second-order valence-electron chi connectivity index (χ2n) is 5.38. The molecule has 5 nitrogen and oxygen atoms in total. The number of nitrogens with one attached hydrogen (secondary N) is 2. The van der Waals surface area contributed by atoms with Crippen molar-refractivity contribution in [1.29, 1.82) is 0 Å². The van der Waals surface area contributed by atoms with E-state index in [-0.39, 0.29) is 18.2 Å². The maximum Gasteiger partial charge on any atom is 0.422 e. The summed E-state index contributed by atoms with van der Waals surface area (Å²) in [6, 6.07) is 13.4. The number of rotatable bonds is 8. The molecule has 0 spiro atoms. The van der Waals surface area contributed by atoms with Gasteiger partial charge in [0.2, 0.25) is 5.91 Å². The third kappa shape index (κ3) is 6.54. The van der Waals surface area contributed by atoms with Crippen LogP contribution in [0.15, 0.2) is 48.5 Å². The van der Waals surface area contributed by atoms with Gasteiger partial charge in [0.1, 0.15) is 11.5 Å². The molecule has 0 aromatic heterocycles. The van der Waals surface area contributed by atoms with E-state index < -0.39 is 12.8 Å². The van der Waals surface area contributed by atoms with E-state index >= 15 is 0 Å². The van der Waals surface area contributed by atoms with Crippen molar-refractivity contribution in [3.8, 4) is 11.5 Å². The maximum atomic E-state index is 12.3. The molecule has 26 heavy (non-hydrogen) atoms. The standard InChI is InChI=1S/C18H19F3N2O3/c1-25-14-8-6-13(7-9-14)10-23-17(24)11-22-15-4-2-3-5-16(15)26-12-18(19,20)21/h2-9,22H,10-12H2,1H3,(H,23,24). The van der Waals surface area contributed by atoms with Crippen molar-refractivity contribution in [2.75, 3.05) is 25.6 Å². The van der Waals surface area contributed by atoms with E-state index in [1.54, 1.807) is 37.4 Å². The SMILES string of the molecule is COc1ccc(CNC(=O)CNc2ccccc2OCC(F)(F)F)cc1. The van der Waals surface area contributed by atoms with Crippen LogP contribution in [0.25, 0.3) is 0 Å². The zero-order valence-corrected chi connectivity index (χ0v) is 14.1. The summed E-state index contributed by atoms with van der Waals surface area (Å²) in [4.78, 5) is 11.9. The topological polar surface area (TPSA) is 59.6 Å². The highest BCUT2D eigenvalue weighted by molar-refractivity contribution is 5.81. The Labute approximate surface area is 149 Å². The Bertz CT molecular complexity index is 718. The summed E-state index contributed by atoms with van der Waals surface area (Å²) in [6.45, 7) is -1.16. The lowest BCUT2D eigenvalue weighted by Crippen LogP contribution is -2.29. The molecule has 0 heterocycles. The molecule has 0 radical (unpaired) electrons. The van der Waals surface area contributed by atoms with Crippen LogP contribution in [0.4, 0.5) is 18.9 Å². The van der Waals surface area contributed by atoms with E-state index in [0.717, 1.165) is 11.3 Å². The average Bonchev–Trinajstić information content (AvgIpc) is 2.63. The molecule has 2 rings (SSSR count). The molecular formula is C18H19F3N2O3. The summed E-state index contributed by atoms with van der Waals surface area (Å²) < 4.78 is 46.6. The number of ether oxygens (including phenoxy) is 2. The lowest BCUT2D eigenvalue weighted by atomic mass is 10.2. The lowest BCUT2D eigenvalue weighted by Gasteiger charge is -2.14. The predicted octanol–water partition coefficient (Wildman–Crippen LogP) is 3.36. The summed E-state index contributed by atoms with van der Waals surface area (Å²) >= 11 is 0. The van der Waals surface area contributed by atoms with Gasteiger partial charge >= 0.3 is 6.18 Å². The number of methoxy groups -OCH3 is 1. The van der Waals surface area contributed by atoms with Gasteiger partial charge in [-0.1, -0.05) is 24.3 Å². The number of hydrogen-bond acceptors (Lipinski definition) is 4. The molecule has 0 aliphatic rings. The van der Waals surface area contributed by atoms with Crippen molar-refractivity contribution >= 4 is 11.6 Å². The second-order valence-corrected chi connectivity index (χ2v) is 5.38. The maximum absolute atomic E-state index is 12.3. The van der Waals surface area contributed by atoms with Crippen LogP contribution < -0.4 is 20.1 Å². The van der Waals surface area contributed by atoms with E-state index in [9.17, 15) is 18.0 Å². The number of para-hydroxylation sites is 2. The molecule has 2 N–H and O–H groups in total. The van der Waals surface area contributed by atoms with E-state index in [1.807, 2.05) is 12.1 Å². The number of anilines is 1. The van der Waals surface area contributed by atoms with Gasteiger partial charge in [0.25, 0.3) is 0 Å². The van der Waals surface area contributed by atoms with Gasteiger partial charge in [-0.15, -0.1) is 0 Å². The predicted molar refractivity (Wildman–Crippen MR) is 91.3 cm³/mol. The first-order chi connectivity index (χ1) is 12.4. The summed E-state index contributed by atoms with van der Waals surface area (Å²) in [5.41, 5.74) is 1.21. The molecule has 0 fully saturated rings. The van der Waals surface area contributed by atoms with Crippen LogP contribution in [-0.2, 0) is 11.3 Å². The van der Waals surface area contributed by atoms with Crippen molar-refractivity contribution in [1.82, 2.24) is 5.32 Å². The molecule has 8 heteroatoms. The highest BCUT2D eigenvalue weighted by Gasteiger charge is 2.28. The first kappa shape index (κ1) is 19.4. The number of amides is 1. The van der Waals surface area contributed by atoms with E-state index in [0.29, 0.717) is 12.2 Å². The number of carbonyl (C=O) groups excluding carboxylic acids is 1. The first-order valence-electron chi connectivity index (χ1n) is 7.79. The summed E-state index contributed by atoms with van der Waals surface area (Å²) in [6.07, 6.45) is -4.43. The molecular weight excluding hydrogens is 349 g/mol. The van der Waals surface area contributed by atoms with Crippen LogP contribution in [0.5, 0.6) is 11.5 Å². The van der Waals surface area contributed by atoms with Crippen LogP contribution in [0.3, 0.4) is 0 Å². The minimum absolute atomic E-state index is 0.0350. The molecule has 0 aliphatic heterocycles. The highest BCUT2D eigenvalue weighted by atomic mass is 19.4. The quantitative estimate of drug-likeness (QED) is 0.750. The average molecular weight is 368 g/mol. The Kier molecular flexibility index (Phi) is 6.71. The number of hydrogen-bond donors (Lipinski definition) is 2. The van der Waals surface area contributed by atoms with Crippen LogP contribution in [0.2, 0.25) is 0 Å². The molecule has 0 aliphatic carbocycles. The van der Waals surface area contributed by atoms with Crippen LogP contribution in [0.1, 0.15) is 5.56 Å². The van der Waals surface area contributed by atoms with Crippen molar-refractivity contribution < 1.29 is 27.4 Å². The molecule has 0 unspecified atom stereocenters. The van der Waals surface area contributed by atoms with Crippen LogP contribution >= 0.6 is 0 Å².